The lowest BCUT2D eigenvalue weighted by Gasteiger charge is -2.19. The van der Waals surface area contributed by atoms with Gasteiger partial charge in [-0.1, -0.05) is 30.3 Å². The van der Waals surface area contributed by atoms with Crippen molar-refractivity contribution in [1.82, 2.24) is 0 Å². The Bertz CT molecular complexity index is 574. The van der Waals surface area contributed by atoms with Crippen molar-refractivity contribution in [2.75, 3.05) is 0 Å². The second-order valence-electron chi connectivity index (χ2n) is 4.94. The molecule has 0 amide bonds. The molecule has 0 radical (unpaired) electrons. The molecule has 5 N–H and O–H groups in total. The van der Waals surface area contributed by atoms with E-state index in [0.717, 1.165) is 17.7 Å². The van der Waals surface area contributed by atoms with Gasteiger partial charge in [0.1, 0.15) is 6.10 Å². The van der Waals surface area contributed by atoms with Crippen molar-refractivity contribution in [3.8, 4) is 17.2 Å². The fraction of sp³-hybridized carbons (Fsp3) is 0.250. The van der Waals surface area contributed by atoms with Gasteiger partial charge in [-0.2, -0.15) is 0 Å². The van der Waals surface area contributed by atoms with Crippen LogP contribution in [0.2, 0.25) is 0 Å². The Morgan fingerprint density at radius 3 is 2.00 bits per heavy atom. The lowest BCUT2D eigenvalue weighted by atomic mass is 9.98. The molecule has 0 bridgehead atoms. The summed E-state index contributed by atoms with van der Waals surface area (Å²) in [5.41, 5.74) is 1.18. The number of hydrogen-bond acceptors (Lipinski definition) is 5. The summed E-state index contributed by atoms with van der Waals surface area (Å²) >= 11 is 0. The van der Waals surface area contributed by atoms with Crippen LogP contribution < -0.4 is 0 Å². The molecule has 112 valence electrons. The summed E-state index contributed by atoms with van der Waals surface area (Å²) in [7, 11) is 0. The van der Waals surface area contributed by atoms with Crippen LogP contribution >= 0.6 is 0 Å². The number of phenols is 3. The Hall–Kier alpha value is -2.24. The van der Waals surface area contributed by atoms with E-state index in [0.29, 0.717) is 12.8 Å². The molecule has 2 rings (SSSR count). The average Bonchev–Trinajstić information content (AvgIpc) is 2.50. The number of aromatic hydroxyl groups is 3. The standard InChI is InChI=1S/C16H18O5/c17-12(7-6-10-4-2-1-3-5-10)15(20)11-8-13(18)16(21)14(19)9-11/h1-5,8-9,12,15,17-21H,6-7H2. The molecule has 0 aliphatic heterocycles. The van der Waals surface area contributed by atoms with Crippen LogP contribution in [0.4, 0.5) is 0 Å². The molecule has 0 aliphatic carbocycles. The van der Waals surface area contributed by atoms with Gasteiger partial charge in [-0.3, -0.25) is 0 Å². The Morgan fingerprint density at radius 1 is 0.857 bits per heavy atom. The van der Waals surface area contributed by atoms with Gasteiger partial charge in [0.15, 0.2) is 17.2 Å². The quantitative estimate of drug-likeness (QED) is 0.541. The summed E-state index contributed by atoms with van der Waals surface area (Å²) in [6.07, 6.45) is -1.39. The normalized spacial score (nSPS) is 13.8. The second kappa shape index (κ2) is 6.47. The van der Waals surface area contributed by atoms with Gasteiger partial charge in [0.2, 0.25) is 0 Å². The maximum atomic E-state index is 10.1. The average molecular weight is 290 g/mol. The Morgan fingerprint density at radius 2 is 1.43 bits per heavy atom. The van der Waals surface area contributed by atoms with Gasteiger partial charge in [0, 0.05) is 0 Å². The lowest BCUT2D eigenvalue weighted by molar-refractivity contribution is 0.0134. The number of aliphatic hydroxyl groups is 2. The van der Waals surface area contributed by atoms with E-state index >= 15 is 0 Å². The van der Waals surface area contributed by atoms with Crippen molar-refractivity contribution in [3.63, 3.8) is 0 Å². The topological polar surface area (TPSA) is 101 Å². The molecule has 0 saturated heterocycles. The largest absolute Gasteiger partial charge is 0.504 e. The van der Waals surface area contributed by atoms with Crippen LogP contribution in [0.15, 0.2) is 42.5 Å². The zero-order valence-electron chi connectivity index (χ0n) is 11.3. The molecule has 2 aromatic rings. The van der Waals surface area contributed by atoms with Crippen molar-refractivity contribution < 1.29 is 25.5 Å². The minimum Gasteiger partial charge on any atom is -0.504 e. The Kier molecular flexibility index (Phi) is 4.67. The minimum absolute atomic E-state index is 0.142. The SMILES string of the molecule is Oc1cc(C(O)C(O)CCc2ccccc2)cc(O)c1O. The molecular formula is C16H18O5. The highest BCUT2D eigenvalue weighted by molar-refractivity contribution is 5.51. The molecule has 2 aromatic carbocycles. The molecule has 2 atom stereocenters. The molecular weight excluding hydrogens is 272 g/mol. The number of hydrogen-bond donors (Lipinski definition) is 5. The maximum Gasteiger partial charge on any atom is 0.200 e. The molecule has 5 nitrogen and oxygen atoms in total. The molecule has 5 heteroatoms. The van der Waals surface area contributed by atoms with E-state index in [9.17, 15) is 25.5 Å². The van der Waals surface area contributed by atoms with Crippen molar-refractivity contribution in [2.45, 2.75) is 25.0 Å². The third-order valence-corrected chi connectivity index (χ3v) is 3.37. The molecule has 0 heterocycles. The van der Waals surface area contributed by atoms with Crippen molar-refractivity contribution in [1.29, 1.82) is 0 Å². The molecule has 0 aliphatic rings. The monoisotopic (exact) mass is 290 g/mol. The number of aliphatic hydroxyl groups excluding tert-OH is 2. The summed E-state index contributed by atoms with van der Waals surface area (Å²) in [6, 6.07) is 11.8. The fourth-order valence-electron chi connectivity index (χ4n) is 2.14. The van der Waals surface area contributed by atoms with Gasteiger partial charge in [0.25, 0.3) is 0 Å². The molecule has 0 spiro atoms. The molecule has 21 heavy (non-hydrogen) atoms. The van der Waals surface area contributed by atoms with Gasteiger partial charge >= 0.3 is 0 Å². The smallest absolute Gasteiger partial charge is 0.200 e. The molecule has 2 unspecified atom stereocenters. The van der Waals surface area contributed by atoms with Crippen LogP contribution in [-0.2, 0) is 6.42 Å². The van der Waals surface area contributed by atoms with E-state index in [4.69, 9.17) is 0 Å². The first-order valence-corrected chi connectivity index (χ1v) is 6.64. The third kappa shape index (κ3) is 3.65. The van der Waals surface area contributed by atoms with E-state index < -0.39 is 29.5 Å². The van der Waals surface area contributed by atoms with Crippen LogP contribution in [0.1, 0.15) is 23.7 Å². The van der Waals surface area contributed by atoms with Gasteiger partial charge < -0.3 is 25.5 Å². The van der Waals surface area contributed by atoms with Crippen LogP contribution in [-0.4, -0.2) is 31.6 Å². The second-order valence-corrected chi connectivity index (χ2v) is 4.94. The predicted octanol–water partition coefficient (Wildman–Crippen LogP) is 1.83. The summed E-state index contributed by atoms with van der Waals surface area (Å²) in [4.78, 5) is 0. The van der Waals surface area contributed by atoms with E-state index in [1.165, 1.54) is 0 Å². The fourth-order valence-corrected chi connectivity index (χ4v) is 2.14. The van der Waals surface area contributed by atoms with E-state index in [2.05, 4.69) is 0 Å². The van der Waals surface area contributed by atoms with Crippen LogP contribution in [0.5, 0.6) is 17.2 Å². The van der Waals surface area contributed by atoms with E-state index in [1.54, 1.807) is 0 Å². The number of phenolic OH excluding ortho intramolecular Hbond substituents is 3. The van der Waals surface area contributed by atoms with Crippen LogP contribution in [0.25, 0.3) is 0 Å². The molecule has 0 aromatic heterocycles. The molecule has 0 saturated carbocycles. The van der Waals surface area contributed by atoms with Crippen LogP contribution in [0.3, 0.4) is 0 Å². The summed E-state index contributed by atoms with van der Waals surface area (Å²) < 4.78 is 0. The van der Waals surface area contributed by atoms with E-state index in [1.807, 2.05) is 30.3 Å². The zero-order chi connectivity index (χ0) is 15.4. The first kappa shape index (κ1) is 15.2. The Labute approximate surface area is 122 Å². The lowest BCUT2D eigenvalue weighted by Crippen LogP contribution is -2.19. The van der Waals surface area contributed by atoms with Gasteiger partial charge in [-0.15, -0.1) is 0 Å². The third-order valence-electron chi connectivity index (χ3n) is 3.37. The van der Waals surface area contributed by atoms with Crippen molar-refractivity contribution in [2.24, 2.45) is 0 Å². The zero-order valence-corrected chi connectivity index (χ0v) is 11.3. The Balaban J connectivity index is 2.04. The minimum atomic E-state index is -1.26. The summed E-state index contributed by atoms with van der Waals surface area (Å²) in [6.45, 7) is 0. The number of benzene rings is 2. The van der Waals surface area contributed by atoms with Crippen molar-refractivity contribution in [3.05, 3.63) is 53.6 Å². The number of rotatable bonds is 5. The number of aryl methyl sites for hydroxylation is 1. The van der Waals surface area contributed by atoms with Gasteiger partial charge in [-0.25, -0.2) is 0 Å². The van der Waals surface area contributed by atoms with Gasteiger partial charge in [-0.05, 0) is 36.1 Å². The summed E-state index contributed by atoms with van der Waals surface area (Å²) in [5.74, 6) is -1.73. The maximum absolute atomic E-state index is 10.1. The van der Waals surface area contributed by atoms with Crippen LogP contribution in [0, 0.1) is 0 Å². The predicted molar refractivity (Wildman–Crippen MR) is 77.2 cm³/mol. The summed E-state index contributed by atoms with van der Waals surface area (Å²) in [5, 5.41) is 48.2. The van der Waals surface area contributed by atoms with Gasteiger partial charge in [0.05, 0.1) is 6.10 Å². The first-order chi connectivity index (χ1) is 9.99. The highest BCUT2D eigenvalue weighted by Gasteiger charge is 2.21. The molecule has 0 fully saturated rings. The highest BCUT2D eigenvalue weighted by Crippen LogP contribution is 2.38. The first-order valence-electron chi connectivity index (χ1n) is 6.64. The highest BCUT2D eigenvalue weighted by atomic mass is 16.3. The van der Waals surface area contributed by atoms with E-state index in [-0.39, 0.29) is 5.56 Å². The van der Waals surface area contributed by atoms with Crippen molar-refractivity contribution >= 4 is 0 Å².